The van der Waals surface area contributed by atoms with Crippen LogP contribution in [0.1, 0.15) is 84.0 Å². The molecule has 3 fully saturated rings. The second kappa shape index (κ2) is 13.8. The van der Waals surface area contributed by atoms with Crippen molar-refractivity contribution in [3.8, 4) is 0 Å². The van der Waals surface area contributed by atoms with Crippen molar-refractivity contribution < 1.29 is 45.3 Å². The van der Waals surface area contributed by atoms with Gasteiger partial charge in [-0.25, -0.2) is 8.42 Å². The average Bonchev–Trinajstić information content (AvgIpc) is 3.40. The van der Waals surface area contributed by atoms with Gasteiger partial charge in [-0.1, -0.05) is 46.4 Å². The van der Waals surface area contributed by atoms with Gasteiger partial charge in [-0.05, 0) is 55.5 Å². The van der Waals surface area contributed by atoms with Gasteiger partial charge in [-0.2, -0.15) is 13.2 Å². The van der Waals surface area contributed by atoms with E-state index in [2.05, 4.69) is 25.3 Å². The summed E-state index contributed by atoms with van der Waals surface area (Å²) < 4.78 is 58.9. The molecule has 0 N–H and O–H groups in total. The first-order chi connectivity index (χ1) is 13.6. The first-order valence-electron chi connectivity index (χ1n) is 10.5. The summed E-state index contributed by atoms with van der Waals surface area (Å²) in [5.74, 6) is 0. The normalized spacial score (nSPS) is 22.1. The molecule has 0 aromatic carbocycles. The molecule has 0 unspecified atom stereocenters. The van der Waals surface area contributed by atoms with Crippen molar-refractivity contribution in [3.63, 3.8) is 0 Å². The van der Waals surface area contributed by atoms with E-state index in [9.17, 15) is 13.2 Å². The summed E-state index contributed by atoms with van der Waals surface area (Å²) in [5, 5.41) is 0. The van der Waals surface area contributed by atoms with Gasteiger partial charge in [0.2, 0.25) is 0 Å². The topological polar surface area (TPSA) is 57.2 Å². The van der Waals surface area contributed by atoms with Gasteiger partial charge < -0.3 is 4.55 Å². The van der Waals surface area contributed by atoms with Crippen LogP contribution in [0.2, 0.25) is 4.89 Å². The molecular formula is C20H34F3O3PPdS. The van der Waals surface area contributed by atoms with E-state index in [1.165, 1.54) is 17.0 Å². The molecule has 9 heteroatoms. The minimum absolute atomic E-state index is 0.436. The predicted octanol–water partition coefficient (Wildman–Crippen LogP) is 6.88. The zero-order valence-corrected chi connectivity index (χ0v) is 20.4. The van der Waals surface area contributed by atoms with Gasteiger partial charge in [0.05, 0.1) is 0 Å². The van der Waals surface area contributed by atoms with Crippen molar-refractivity contribution in [2.45, 2.75) is 111 Å². The molecule has 0 aliphatic heterocycles. The van der Waals surface area contributed by atoms with E-state index in [0.717, 1.165) is 4.89 Å². The molecule has 0 heterocycles. The fourth-order valence-electron chi connectivity index (χ4n) is 4.58. The maximum Gasteiger partial charge on any atom is 0.485 e. The van der Waals surface area contributed by atoms with E-state index in [1.54, 1.807) is 77.0 Å². The van der Waals surface area contributed by atoms with Crippen LogP contribution in [0.5, 0.6) is 0 Å². The van der Waals surface area contributed by atoms with E-state index in [1.807, 2.05) is 13.0 Å². The molecule has 3 aliphatic rings. The van der Waals surface area contributed by atoms with E-state index in [-0.39, 0.29) is 0 Å². The Morgan fingerprint density at radius 2 is 1.17 bits per heavy atom. The van der Waals surface area contributed by atoms with Crippen LogP contribution in [0, 0.1) is 0 Å². The molecule has 0 aromatic rings. The van der Waals surface area contributed by atoms with Crippen molar-refractivity contribution in [2.24, 2.45) is 0 Å². The smallest absolute Gasteiger partial charge is 0.485 e. The molecule has 3 aliphatic carbocycles. The molecule has 3 saturated carbocycles. The van der Waals surface area contributed by atoms with Crippen LogP contribution in [0.3, 0.4) is 0 Å². The first-order valence-corrected chi connectivity index (χ1v) is 14.6. The largest absolute Gasteiger partial charge is 0.741 e. The van der Waals surface area contributed by atoms with Gasteiger partial charge in [0, 0.05) is 0 Å². The molecule has 0 radical (unpaired) electrons. The molecule has 3 nitrogen and oxygen atoms in total. The fraction of sp³-hybridized carbons (Fsp3) is 0.900. The average molecular weight is 549 g/mol. The first kappa shape index (κ1) is 27.6. The summed E-state index contributed by atoms with van der Waals surface area (Å²) in [5.41, 5.74) is -2.02. The van der Waals surface area contributed by atoms with Gasteiger partial charge in [0.1, 0.15) is 0 Å². The van der Waals surface area contributed by atoms with E-state index >= 15 is 0 Å². The Hall–Kier alpha value is 0.532. The number of hydrogen-bond donors (Lipinski definition) is 0. The zero-order valence-electron chi connectivity index (χ0n) is 17.1. The van der Waals surface area contributed by atoms with Crippen molar-refractivity contribution in [3.05, 3.63) is 12.2 Å². The van der Waals surface area contributed by atoms with Crippen LogP contribution < -0.4 is 0 Å². The van der Waals surface area contributed by atoms with Crippen LogP contribution in [0.25, 0.3) is 0 Å². The van der Waals surface area contributed by atoms with Crippen LogP contribution in [0.4, 0.5) is 13.2 Å². The summed E-state index contributed by atoms with van der Waals surface area (Å²) in [7, 11) is -5.65. The SMILES string of the molecule is C1CCC(P(C2CCCC2)C2CCCC2)C1.CC=C[CH2][Pd+].O=S(=O)([O-])C(F)(F)F. The van der Waals surface area contributed by atoms with Gasteiger partial charge in [0.15, 0.2) is 10.1 Å². The number of alkyl halides is 3. The maximum absolute atomic E-state index is 10.7. The molecule has 0 bridgehead atoms. The van der Waals surface area contributed by atoms with Crippen LogP contribution in [0.15, 0.2) is 12.2 Å². The Morgan fingerprint density at radius 1 is 0.897 bits per heavy atom. The van der Waals surface area contributed by atoms with Gasteiger partial charge in [0.25, 0.3) is 0 Å². The Kier molecular flexibility index (Phi) is 13.2. The Balaban J connectivity index is 0.000000273. The standard InChI is InChI=1S/C15H27P.C4H7.CHF3O3S.Pd/c1-2-8-13(7-1)16(14-9-3-4-10-14)15-11-5-6-12-15;1-3-4-2;2-1(3,4)8(5,6)7;/h13-15H,1-12H2;3-4H,1H2,2H3;(H,5,6,7);/q;;;+1/p-1. The van der Waals surface area contributed by atoms with Crippen molar-refractivity contribution in [1.82, 2.24) is 0 Å². The number of rotatable bonds is 4. The van der Waals surface area contributed by atoms with E-state index in [0.29, 0.717) is 7.92 Å². The Labute approximate surface area is 186 Å². The Morgan fingerprint density at radius 3 is 1.31 bits per heavy atom. The molecule has 0 atom stereocenters. The zero-order chi connectivity index (χ0) is 21.9. The van der Waals surface area contributed by atoms with Crippen LogP contribution in [-0.4, -0.2) is 35.5 Å². The summed E-state index contributed by atoms with van der Waals surface area (Å²) >= 11 is 3.00. The van der Waals surface area contributed by atoms with Crippen LogP contribution in [-0.2, 0) is 29.3 Å². The molecule has 0 saturated heterocycles. The third-order valence-corrected chi connectivity index (χ3v) is 10.8. The monoisotopic (exact) mass is 548 g/mol. The predicted molar refractivity (Wildman–Crippen MR) is 109 cm³/mol. The second-order valence-electron chi connectivity index (χ2n) is 7.86. The van der Waals surface area contributed by atoms with E-state index < -0.39 is 15.6 Å². The van der Waals surface area contributed by atoms with Crippen molar-refractivity contribution in [2.75, 3.05) is 0 Å². The third-order valence-electron chi connectivity index (χ3n) is 5.83. The number of halogens is 3. The van der Waals surface area contributed by atoms with Gasteiger partial charge in [-0.15, -0.1) is 0 Å². The number of hydrogen-bond acceptors (Lipinski definition) is 3. The molecule has 29 heavy (non-hydrogen) atoms. The minimum atomic E-state index is -6.09. The summed E-state index contributed by atoms with van der Waals surface area (Å²) in [6.07, 6.45) is 23.1. The summed E-state index contributed by atoms with van der Waals surface area (Å²) in [4.78, 5) is 1.01. The third kappa shape index (κ3) is 10.1. The Bertz CT molecular complexity index is 528. The van der Waals surface area contributed by atoms with Gasteiger partial charge >= 0.3 is 48.7 Å². The molecular weight excluding hydrogens is 515 g/mol. The maximum atomic E-state index is 10.7. The second-order valence-corrected chi connectivity index (χ2v) is 13.0. The molecule has 0 amide bonds. The minimum Gasteiger partial charge on any atom is -0.741 e. The summed E-state index contributed by atoms with van der Waals surface area (Å²) in [6, 6.07) is 0. The van der Waals surface area contributed by atoms with Crippen molar-refractivity contribution in [1.29, 1.82) is 0 Å². The molecule has 0 aromatic heterocycles. The molecule has 0 spiro atoms. The quantitative estimate of drug-likeness (QED) is 0.127. The number of allylic oxidation sites excluding steroid dienone is 2. The van der Waals surface area contributed by atoms with E-state index in [4.69, 9.17) is 13.0 Å². The fourth-order valence-corrected chi connectivity index (χ4v) is 9.62. The molecule has 174 valence electrons. The van der Waals surface area contributed by atoms with Gasteiger partial charge in [-0.3, -0.25) is 0 Å². The summed E-state index contributed by atoms with van der Waals surface area (Å²) in [6.45, 7) is 2.01. The van der Waals surface area contributed by atoms with Crippen LogP contribution >= 0.6 is 7.92 Å². The molecule has 3 rings (SSSR count). The van der Waals surface area contributed by atoms with Crippen molar-refractivity contribution >= 4 is 18.0 Å².